The standard InChI is InChI=1S/C28H28N4O4/c1-18(29-24(34)16-15-19-9-8-12-21(33)17-19)27(35)31-26-28(36)32(2)23-14-7-6-13-22(23)25(30-26)20-10-4-3-5-11-20/h3-14,17-18,26,33H,15-16H2,1-2H3,(H,29,34)(H,31,35)/t18?,26-/m1/s1. The minimum atomic E-state index is -1.16. The second kappa shape index (κ2) is 10.9. The molecule has 8 heteroatoms. The van der Waals surface area contributed by atoms with Gasteiger partial charge in [0.05, 0.1) is 11.4 Å². The van der Waals surface area contributed by atoms with Crippen molar-refractivity contribution in [3.8, 4) is 5.75 Å². The van der Waals surface area contributed by atoms with Gasteiger partial charge in [-0.15, -0.1) is 0 Å². The quantitative estimate of drug-likeness (QED) is 0.479. The Kier molecular flexibility index (Phi) is 7.44. The van der Waals surface area contributed by atoms with Crippen molar-refractivity contribution in [3.05, 3.63) is 95.6 Å². The van der Waals surface area contributed by atoms with E-state index in [1.165, 1.54) is 4.90 Å². The minimum Gasteiger partial charge on any atom is -0.508 e. The first-order chi connectivity index (χ1) is 17.3. The monoisotopic (exact) mass is 484 g/mol. The number of carbonyl (C=O) groups is 3. The third-order valence-electron chi connectivity index (χ3n) is 5.99. The molecule has 3 aromatic rings. The van der Waals surface area contributed by atoms with Crippen molar-refractivity contribution in [2.24, 2.45) is 4.99 Å². The third kappa shape index (κ3) is 5.60. The van der Waals surface area contributed by atoms with E-state index in [0.717, 1.165) is 16.7 Å². The van der Waals surface area contributed by atoms with E-state index >= 15 is 0 Å². The molecule has 1 aliphatic heterocycles. The molecule has 0 spiro atoms. The third-order valence-corrected chi connectivity index (χ3v) is 5.99. The molecule has 0 saturated carbocycles. The molecule has 0 aromatic heterocycles. The Hall–Kier alpha value is -4.46. The number of anilines is 1. The number of rotatable bonds is 7. The van der Waals surface area contributed by atoms with Gasteiger partial charge in [0.1, 0.15) is 11.8 Å². The number of hydrogen-bond acceptors (Lipinski definition) is 5. The Bertz CT molecular complexity index is 1310. The molecule has 36 heavy (non-hydrogen) atoms. The molecular weight excluding hydrogens is 456 g/mol. The Balaban J connectivity index is 1.48. The maximum atomic E-state index is 13.2. The van der Waals surface area contributed by atoms with E-state index in [1.54, 1.807) is 32.2 Å². The van der Waals surface area contributed by atoms with Crippen molar-refractivity contribution >= 4 is 29.1 Å². The zero-order chi connectivity index (χ0) is 25.7. The smallest absolute Gasteiger partial charge is 0.272 e. The number of aryl methyl sites for hydroxylation is 1. The summed E-state index contributed by atoms with van der Waals surface area (Å²) in [5.41, 5.74) is 3.70. The Labute approximate surface area is 209 Å². The number of nitrogens with zero attached hydrogens (tertiary/aromatic N) is 2. The molecule has 3 amide bonds. The van der Waals surface area contributed by atoms with Gasteiger partial charge < -0.3 is 20.6 Å². The summed E-state index contributed by atoms with van der Waals surface area (Å²) in [6, 6.07) is 22.7. The van der Waals surface area contributed by atoms with E-state index in [2.05, 4.69) is 15.6 Å². The maximum absolute atomic E-state index is 13.2. The van der Waals surface area contributed by atoms with Crippen LogP contribution >= 0.6 is 0 Å². The molecule has 1 aliphatic rings. The van der Waals surface area contributed by atoms with Crippen LogP contribution in [0.15, 0.2) is 83.9 Å². The van der Waals surface area contributed by atoms with Gasteiger partial charge in [-0.25, -0.2) is 4.99 Å². The van der Waals surface area contributed by atoms with E-state index in [1.807, 2.05) is 60.7 Å². The fourth-order valence-electron chi connectivity index (χ4n) is 4.05. The highest BCUT2D eigenvalue weighted by molar-refractivity contribution is 6.20. The highest BCUT2D eigenvalue weighted by Gasteiger charge is 2.32. The molecule has 2 atom stereocenters. The number of carbonyl (C=O) groups excluding carboxylic acids is 3. The summed E-state index contributed by atoms with van der Waals surface area (Å²) in [5, 5.41) is 14.9. The summed E-state index contributed by atoms with van der Waals surface area (Å²) in [5.74, 6) is -1.08. The van der Waals surface area contributed by atoms with Crippen LogP contribution in [0.3, 0.4) is 0 Å². The lowest BCUT2D eigenvalue weighted by atomic mass is 10.0. The summed E-state index contributed by atoms with van der Waals surface area (Å²) in [6.07, 6.45) is -0.585. The van der Waals surface area contributed by atoms with E-state index in [-0.39, 0.29) is 24.0 Å². The molecule has 1 heterocycles. The fourth-order valence-corrected chi connectivity index (χ4v) is 4.05. The first-order valence-corrected chi connectivity index (χ1v) is 11.7. The average Bonchev–Trinajstić information content (AvgIpc) is 2.98. The van der Waals surface area contributed by atoms with E-state index in [0.29, 0.717) is 17.8 Å². The zero-order valence-corrected chi connectivity index (χ0v) is 20.1. The van der Waals surface area contributed by atoms with Gasteiger partial charge >= 0.3 is 0 Å². The second-order valence-electron chi connectivity index (χ2n) is 8.63. The summed E-state index contributed by atoms with van der Waals surface area (Å²) in [6.45, 7) is 1.56. The number of likely N-dealkylation sites (N-methyl/N-ethyl adjacent to an activating group) is 1. The Morgan fingerprint density at radius 3 is 2.50 bits per heavy atom. The molecule has 0 aliphatic carbocycles. The van der Waals surface area contributed by atoms with Crippen LogP contribution in [-0.4, -0.2) is 47.8 Å². The van der Waals surface area contributed by atoms with Gasteiger partial charge in [-0.1, -0.05) is 60.7 Å². The maximum Gasteiger partial charge on any atom is 0.272 e. The molecule has 0 bridgehead atoms. The molecule has 8 nitrogen and oxygen atoms in total. The molecule has 3 N–H and O–H groups in total. The SMILES string of the molecule is CC(NC(=O)CCc1cccc(O)c1)C(=O)N[C@H]1N=C(c2ccccc2)c2ccccc2N(C)C1=O. The van der Waals surface area contributed by atoms with Gasteiger partial charge in [0.15, 0.2) is 0 Å². The topological polar surface area (TPSA) is 111 Å². The predicted molar refractivity (Wildman–Crippen MR) is 138 cm³/mol. The molecule has 184 valence electrons. The van der Waals surface area contributed by atoms with Crippen molar-refractivity contribution in [2.75, 3.05) is 11.9 Å². The molecule has 0 fully saturated rings. The fraction of sp³-hybridized carbons (Fsp3) is 0.214. The normalized spacial score (nSPS) is 15.8. The highest BCUT2D eigenvalue weighted by atomic mass is 16.3. The van der Waals surface area contributed by atoms with Crippen LogP contribution in [0.4, 0.5) is 5.69 Å². The number of benzene rings is 3. The Morgan fingerprint density at radius 2 is 1.75 bits per heavy atom. The molecule has 1 unspecified atom stereocenters. The lowest BCUT2D eigenvalue weighted by Crippen LogP contribution is -2.52. The number of aromatic hydroxyl groups is 1. The largest absolute Gasteiger partial charge is 0.508 e. The number of fused-ring (bicyclic) bond motifs is 1. The van der Waals surface area contributed by atoms with E-state index < -0.39 is 18.1 Å². The van der Waals surface area contributed by atoms with Gasteiger partial charge in [0, 0.05) is 24.6 Å². The summed E-state index contributed by atoms with van der Waals surface area (Å²) in [4.78, 5) is 44.8. The van der Waals surface area contributed by atoms with Gasteiger partial charge in [-0.05, 0) is 37.1 Å². The highest BCUT2D eigenvalue weighted by Crippen LogP contribution is 2.27. The van der Waals surface area contributed by atoms with Crippen molar-refractivity contribution < 1.29 is 19.5 Å². The minimum absolute atomic E-state index is 0.135. The van der Waals surface area contributed by atoms with Crippen LogP contribution in [0, 0.1) is 0 Å². The number of para-hydroxylation sites is 1. The van der Waals surface area contributed by atoms with Crippen molar-refractivity contribution in [2.45, 2.75) is 32.0 Å². The molecule has 4 rings (SSSR count). The molecular formula is C28H28N4O4. The van der Waals surface area contributed by atoms with Gasteiger partial charge in [0.25, 0.3) is 5.91 Å². The number of phenolic OH excluding ortho intramolecular Hbond substituents is 1. The predicted octanol–water partition coefficient (Wildman–Crippen LogP) is 2.79. The number of nitrogens with one attached hydrogen (secondary N) is 2. The molecule has 3 aromatic carbocycles. The number of aliphatic imine (C=N–C) groups is 1. The lowest BCUT2D eigenvalue weighted by Gasteiger charge is -2.22. The Morgan fingerprint density at radius 1 is 1.03 bits per heavy atom. The van der Waals surface area contributed by atoms with E-state index in [4.69, 9.17) is 0 Å². The average molecular weight is 485 g/mol. The van der Waals surface area contributed by atoms with Crippen LogP contribution in [0.5, 0.6) is 5.75 Å². The first-order valence-electron chi connectivity index (χ1n) is 11.7. The van der Waals surface area contributed by atoms with Gasteiger partial charge in [-0.2, -0.15) is 0 Å². The van der Waals surface area contributed by atoms with E-state index in [9.17, 15) is 19.5 Å². The van der Waals surface area contributed by atoms with Crippen LogP contribution < -0.4 is 15.5 Å². The molecule has 0 radical (unpaired) electrons. The number of amides is 3. The van der Waals surface area contributed by atoms with Crippen LogP contribution in [0.1, 0.15) is 30.0 Å². The van der Waals surface area contributed by atoms with Gasteiger partial charge in [-0.3, -0.25) is 14.4 Å². The summed E-state index contributed by atoms with van der Waals surface area (Å²) >= 11 is 0. The lowest BCUT2D eigenvalue weighted by molar-refractivity contribution is -0.130. The van der Waals surface area contributed by atoms with Crippen molar-refractivity contribution in [3.63, 3.8) is 0 Å². The van der Waals surface area contributed by atoms with Crippen LogP contribution in [-0.2, 0) is 20.8 Å². The molecule has 0 saturated heterocycles. The first kappa shape index (κ1) is 24.7. The summed E-state index contributed by atoms with van der Waals surface area (Å²) in [7, 11) is 1.65. The zero-order valence-electron chi connectivity index (χ0n) is 20.1. The number of benzodiazepines with no additional fused rings is 1. The number of hydrogen-bond donors (Lipinski definition) is 3. The second-order valence-corrected chi connectivity index (χ2v) is 8.63. The van der Waals surface area contributed by atoms with Crippen molar-refractivity contribution in [1.29, 1.82) is 0 Å². The summed E-state index contributed by atoms with van der Waals surface area (Å²) < 4.78 is 0. The van der Waals surface area contributed by atoms with Crippen LogP contribution in [0.25, 0.3) is 0 Å². The van der Waals surface area contributed by atoms with Crippen LogP contribution in [0.2, 0.25) is 0 Å². The van der Waals surface area contributed by atoms with Crippen molar-refractivity contribution in [1.82, 2.24) is 10.6 Å². The number of phenols is 1. The van der Waals surface area contributed by atoms with Gasteiger partial charge in [0.2, 0.25) is 18.0 Å².